The molecule has 0 aromatic heterocycles. The van der Waals surface area contributed by atoms with Crippen molar-refractivity contribution in [2.24, 2.45) is 0 Å². The maximum absolute atomic E-state index is 6.33. The molecule has 0 nitrogen and oxygen atoms in total. The van der Waals surface area contributed by atoms with E-state index in [1.807, 2.05) is 13.0 Å². The molecule has 0 heterocycles. The third kappa shape index (κ3) is 2.68. The van der Waals surface area contributed by atoms with Crippen LogP contribution in [0.4, 0.5) is 0 Å². The monoisotopic (exact) mass is 258 g/mol. The number of benzene rings is 2. The Morgan fingerprint density at radius 3 is 2.53 bits per heavy atom. The SMILES string of the molecule is C=C(C)c1ccc(-c2cccc([SiH3])c2)c(Cl)c1. The predicted octanol–water partition coefficient (Wildman–Crippen LogP) is 3.03. The van der Waals surface area contributed by atoms with E-state index in [1.54, 1.807) is 0 Å². The Kier molecular flexibility index (Phi) is 3.51. The van der Waals surface area contributed by atoms with E-state index in [0.717, 1.165) is 32.0 Å². The zero-order valence-corrected chi connectivity index (χ0v) is 12.9. The first kappa shape index (κ1) is 12.2. The van der Waals surface area contributed by atoms with Crippen molar-refractivity contribution >= 4 is 32.6 Å². The molecular formula is C15H15ClSi. The fourth-order valence-corrected chi connectivity index (χ4v) is 2.62. The lowest BCUT2D eigenvalue weighted by Gasteiger charge is -2.08. The van der Waals surface area contributed by atoms with Gasteiger partial charge in [0, 0.05) is 20.8 Å². The molecule has 0 bridgehead atoms. The van der Waals surface area contributed by atoms with Crippen molar-refractivity contribution in [2.45, 2.75) is 6.92 Å². The van der Waals surface area contributed by atoms with E-state index in [4.69, 9.17) is 11.6 Å². The van der Waals surface area contributed by atoms with E-state index < -0.39 is 0 Å². The van der Waals surface area contributed by atoms with Crippen molar-refractivity contribution < 1.29 is 0 Å². The summed E-state index contributed by atoms with van der Waals surface area (Å²) in [6.45, 7) is 5.92. The standard InChI is InChI=1S/C15H15ClSi/c1-10(2)11-6-7-14(15(16)9-11)12-4-3-5-13(17)8-12/h3-9H,1H2,2,17H3. The van der Waals surface area contributed by atoms with Crippen LogP contribution in [-0.2, 0) is 0 Å². The van der Waals surface area contributed by atoms with E-state index in [0.29, 0.717) is 0 Å². The van der Waals surface area contributed by atoms with Crippen molar-refractivity contribution in [1.82, 2.24) is 0 Å². The number of hydrogen-bond acceptors (Lipinski definition) is 0. The van der Waals surface area contributed by atoms with Gasteiger partial charge in [0.15, 0.2) is 0 Å². The first-order valence-corrected chi connectivity index (χ1v) is 6.98. The van der Waals surface area contributed by atoms with Gasteiger partial charge in [0.1, 0.15) is 0 Å². The molecule has 86 valence electrons. The van der Waals surface area contributed by atoms with E-state index in [1.165, 1.54) is 10.8 Å². The van der Waals surface area contributed by atoms with Crippen LogP contribution in [-0.4, -0.2) is 10.2 Å². The van der Waals surface area contributed by atoms with Gasteiger partial charge in [-0.25, -0.2) is 0 Å². The third-order valence-corrected chi connectivity index (χ3v) is 3.73. The molecule has 0 aliphatic carbocycles. The fourth-order valence-electron chi connectivity index (χ4n) is 1.83. The van der Waals surface area contributed by atoms with Crippen LogP contribution in [0.3, 0.4) is 0 Å². The normalized spacial score (nSPS) is 10.5. The highest BCUT2D eigenvalue weighted by Gasteiger charge is 2.05. The maximum atomic E-state index is 6.33. The first-order valence-electron chi connectivity index (χ1n) is 5.60. The quantitative estimate of drug-likeness (QED) is 0.727. The Hall–Kier alpha value is -1.31. The minimum Gasteiger partial charge on any atom is -0.0955 e. The summed E-state index contributed by atoms with van der Waals surface area (Å²) in [5.74, 6) is 0. The molecule has 0 N–H and O–H groups in total. The number of hydrogen-bond donors (Lipinski definition) is 0. The average molecular weight is 259 g/mol. The fraction of sp³-hybridized carbons (Fsp3) is 0.0667. The molecule has 0 fully saturated rings. The molecule has 2 aromatic carbocycles. The Morgan fingerprint density at radius 2 is 1.94 bits per heavy atom. The molecule has 0 amide bonds. The molecule has 2 aromatic rings. The van der Waals surface area contributed by atoms with Crippen molar-refractivity contribution in [3.63, 3.8) is 0 Å². The van der Waals surface area contributed by atoms with E-state index in [-0.39, 0.29) is 0 Å². The molecule has 0 atom stereocenters. The molecule has 0 unspecified atom stereocenters. The molecule has 17 heavy (non-hydrogen) atoms. The molecular weight excluding hydrogens is 244 g/mol. The van der Waals surface area contributed by atoms with Crippen LogP contribution in [0.2, 0.25) is 5.02 Å². The molecule has 0 aliphatic heterocycles. The Labute approximate surface area is 110 Å². The number of rotatable bonds is 2. The maximum Gasteiger partial charge on any atom is 0.0490 e. The molecule has 0 spiro atoms. The zero-order valence-electron chi connectivity index (χ0n) is 10.1. The van der Waals surface area contributed by atoms with E-state index >= 15 is 0 Å². The van der Waals surface area contributed by atoms with Crippen LogP contribution < -0.4 is 5.19 Å². The molecule has 2 heteroatoms. The summed E-state index contributed by atoms with van der Waals surface area (Å²) >= 11 is 6.33. The van der Waals surface area contributed by atoms with Crippen LogP contribution in [0.5, 0.6) is 0 Å². The van der Waals surface area contributed by atoms with Crippen LogP contribution in [0.1, 0.15) is 12.5 Å². The second kappa shape index (κ2) is 4.90. The summed E-state index contributed by atoms with van der Waals surface area (Å²) in [5.41, 5.74) is 4.42. The summed E-state index contributed by atoms with van der Waals surface area (Å²) in [6, 6.07) is 14.7. The average Bonchev–Trinajstić information content (AvgIpc) is 2.28. The Morgan fingerprint density at radius 1 is 1.18 bits per heavy atom. The van der Waals surface area contributed by atoms with E-state index in [2.05, 4.69) is 43.0 Å². The summed E-state index contributed by atoms with van der Waals surface area (Å²) in [4.78, 5) is 0. The molecule has 2 rings (SSSR count). The van der Waals surface area contributed by atoms with Gasteiger partial charge in [-0.05, 0) is 24.1 Å². The van der Waals surface area contributed by atoms with Crippen molar-refractivity contribution in [3.8, 4) is 11.1 Å². The minimum atomic E-state index is 0.790. The summed E-state index contributed by atoms with van der Waals surface area (Å²) in [5, 5.41) is 2.17. The van der Waals surface area contributed by atoms with Gasteiger partial charge in [-0.1, -0.05) is 65.3 Å². The summed E-state index contributed by atoms with van der Waals surface area (Å²) in [6.07, 6.45) is 0. The summed E-state index contributed by atoms with van der Waals surface area (Å²) < 4.78 is 0. The van der Waals surface area contributed by atoms with Gasteiger partial charge in [0.05, 0.1) is 0 Å². The smallest absolute Gasteiger partial charge is 0.0490 e. The Bertz CT molecular complexity index is 573. The second-order valence-corrected chi connectivity index (χ2v) is 5.91. The lowest BCUT2D eigenvalue weighted by Crippen LogP contribution is -2.00. The van der Waals surface area contributed by atoms with Gasteiger partial charge in [-0.3, -0.25) is 0 Å². The van der Waals surface area contributed by atoms with Crippen molar-refractivity contribution in [1.29, 1.82) is 0 Å². The second-order valence-electron chi connectivity index (χ2n) is 4.34. The first-order chi connectivity index (χ1) is 8.08. The van der Waals surface area contributed by atoms with Crippen LogP contribution in [0, 0.1) is 0 Å². The topological polar surface area (TPSA) is 0 Å². The zero-order chi connectivity index (χ0) is 12.4. The number of allylic oxidation sites excluding steroid dienone is 1. The van der Waals surface area contributed by atoms with Crippen LogP contribution in [0.15, 0.2) is 49.0 Å². The minimum absolute atomic E-state index is 0.790. The van der Waals surface area contributed by atoms with Gasteiger partial charge in [-0.15, -0.1) is 0 Å². The highest BCUT2D eigenvalue weighted by Crippen LogP contribution is 2.29. The lowest BCUT2D eigenvalue weighted by molar-refractivity contribution is 1.56. The van der Waals surface area contributed by atoms with Gasteiger partial charge < -0.3 is 0 Å². The highest BCUT2D eigenvalue weighted by molar-refractivity contribution is 6.34. The van der Waals surface area contributed by atoms with E-state index in [9.17, 15) is 0 Å². The lowest BCUT2D eigenvalue weighted by atomic mass is 10.0. The largest absolute Gasteiger partial charge is 0.0955 e. The van der Waals surface area contributed by atoms with Crippen LogP contribution >= 0.6 is 11.6 Å². The van der Waals surface area contributed by atoms with Crippen molar-refractivity contribution in [3.05, 3.63) is 59.6 Å². The Balaban J connectivity index is 2.50. The van der Waals surface area contributed by atoms with Gasteiger partial charge in [0.2, 0.25) is 0 Å². The predicted molar refractivity (Wildman–Crippen MR) is 81.2 cm³/mol. The molecule has 0 aliphatic rings. The number of halogens is 1. The third-order valence-electron chi connectivity index (χ3n) is 2.79. The summed E-state index contributed by atoms with van der Waals surface area (Å²) in [7, 11) is 1.06. The molecule has 0 saturated carbocycles. The van der Waals surface area contributed by atoms with Crippen molar-refractivity contribution in [2.75, 3.05) is 0 Å². The molecule has 0 radical (unpaired) electrons. The van der Waals surface area contributed by atoms with Gasteiger partial charge >= 0.3 is 0 Å². The molecule has 0 saturated heterocycles. The highest BCUT2D eigenvalue weighted by atomic mass is 35.5. The van der Waals surface area contributed by atoms with Gasteiger partial charge in [-0.2, -0.15) is 0 Å². The van der Waals surface area contributed by atoms with Crippen LogP contribution in [0.25, 0.3) is 16.7 Å². The van der Waals surface area contributed by atoms with Gasteiger partial charge in [0.25, 0.3) is 0 Å².